The molecule has 0 radical (unpaired) electrons. The van der Waals surface area contributed by atoms with Crippen molar-refractivity contribution in [2.45, 2.75) is 26.2 Å². The zero-order valence-corrected chi connectivity index (χ0v) is 5.76. The number of rotatable bonds is 0. The number of hydrogen-bond acceptors (Lipinski definition) is 1. The molecule has 0 N–H and O–H groups in total. The van der Waals surface area contributed by atoms with E-state index in [9.17, 15) is 4.79 Å². The molecule has 0 atom stereocenters. The van der Waals surface area contributed by atoms with Crippen LogP contribution in [0.3, 0.4) is 0 Å². The molecule has 0 aromatic heterocycles. The quantitative estimate of drug-likeness (QED) is 0.268. The third-order valence-electron chi connectivity index (χ3n) is 1.61. The van der Waals surface area contributed by atoms with Gasteiger partial charge in [-0.2, -0.15) is 4.58 Å². The first-order valence-electron chi connectivity index (χ1n) is 3.41. The summed E-state index contributed by atoms with van der Waals surface area (Å²) in [6.45, 7) is 2.54. The molecule has 0 saturated heterocycles. The minimum absolute atomic E-state index is 0.176. The van der Waals surface area contributed by atoms with Crippen LogP contribution in [0.1, 0.15) is 26.2 Å². The molecule has 0 spiro atoms. The molecule has 0 aromatic rings. The molecule has 1 aliphatic heterocycles. The van der Waals surface area contributed by atoms with E-state index >= 15 is 0 Å². The highest BCUT2D eigenvalue weighted by molar-refractivity contribution is 5.70. The first-order valence-corrected chi connectivity index (χ1v) is 3.41. The van der Waals surface area contributed by atoms with Gasteiger partial charge in [-0.3, -0.25) is 0 Å². The lowest BCUT2D eigenvalue weighted by Gasteiger charge is -2.02. The maximum absolute atomic E-state index is 10.7. The van der Waals surface area contributed by atoms with Gasteiger partial charge in [0.15, 0.2) is 6.54 Å². The van der Waals surface area contributed by atoms with Gasteiger partial charge in [0.1, 0.15) is 6.21 Å². The zero-order valence-electron chi connectivity index (χ0n) is 5.76. The van der Waals surface area contributed by atoms with Crippen molar-refractivity contribution in [3.8, 4) is 0 Å². The number of nitrogens with zero attached hydrogens (tertiary/aromatic N) is 1. The molecule has 2 heteroatoms. The van der Waals surface area contributed by atoms with E-state index in [0.717, 1.165) is 19.4 Å². The first kappa shape index (κ1) is 6.46. The molecule has 0 bridgehead atoms. The normalized spacial score (nSPS) is 19.0. The van der Waals surface area contributed by atoms with Crippen LogP contribution in [0.2, 0.25) is 0 Å². The Morgan fingerprint density at radius 3 is 2.67 bits per heavy atom. The van der Waals surface area contributed by atoms with Crippen LogP contribution in [0.4, 0.5) is 0 Å². The Balaban J connectivity index is 2.57. The Morgan fingerprint density at radius 2 is 2.33 bits per heavy atom. The second-order valence-corrected chi connectivity index (χ2v) is 2.39. The second-order valence-electron chi connectivity index (χ2n) is 2.39. The molecule has 50 valence electrons. The summed E-state index contributed by atoms with van der Waals surface area (Å²) in [5, 5.41) is 0. The van der Waals surface area contributed by atoms with Gasteiger partial charge < -0.3 is 0 Å². The standard InChI is InChI=1S/C7H12NO/c1-7(9)8-5-3-2-4-6-8/h5H,2-4,6H2,1H3/q+1/i1+1,8+1. The fourth-order valence-electron chi connectivity index (χ4n) is 1.05. The summed E-state index contributed by atoms with van der Waals surface area (Å²) >= 11 is 0. The van der Waals surface area contributed by atoms with Crippen molar-refractivity contribution in [1.29, 1.82) is 0 Å². The highest BCUT2D eigenvalue weighted by Crippen LogP contribution is 1.99. The van der Waals surface area contributed by atoms with E-state index in [0.29, 0.717) is 0 Å². The van der Waals surface area contributed by atoms with Gasteiger partial charge in [0.05, 0.1) is 6.92 Å². The van der Waals surface area contributed by atoms with Gasteiger partial charge in [-0.05, 0) is 6.42 Å². The van der Waals surface area contributed by atoms with Gasteiger partial charge >= 0.3 is 5.91 Å². The van der Waals surface area contributed by atoms with Gasteiger partial charge in [0, 0.05) is 12.8 Å². The van der Waals surface area contributed by atoms with E-state index in [1.807, 2.05) is 6.21 Å². The van der Waals surface area contributed by atoms with Crippen molar-refractivity contribution in [3.05, 3.63) is 0 Å². The van der Waals surface area contributed by atoms with Crippen molar-refractivity contribution in [2.75, 3.05) is 6.54 Å². The second kappa shape index (κ2) is 2.76. The van der Waals surface area contributed by atoms with Crippen LogP contribution in [-0.2, 0) is 4.79 Å². The molecular weight excluding hydrogens is 116 g/mol. The maximum Gasteiger partial charge on any atom is 0.383 e. The summed E-state index contributed by atoms with van der Waals surface area (Å²) in [5.74, 6) is 0.176. The number of carbonyl (C=O) groups is 1. The molecule has 9 heavy (non-hydrogen) atoms. The SMILES string of the molecule is [13CH3]C(=O)[15N+]1=CCCCC1. The molecule has 0 fully saturated rings. The van der Waals surface area contributed by atoms with E-state index in [1.165, 1.54) is 6.42 Å². The van der Waals surface area contributed by atoms with Gasteiger partial charge in [-0.25, -0.2) is 4.79 Å². The maximum atomic E-state index is 10.7. The van der Waals surface area contributed by atoms with E-state index in [-0.39, 0.29) is 5.91 Å². The molecule has 1 rings (SSSR count). The van der Waals surface area contributed by atoms with Gasteiger partial charge in [-0.15, -0.1) is 0 Å². The molecule has 2 nitrogen and oxygen atoms in total. The molecule has 0 unspecified atom stereocenters. The van der Waals surface area contributed by atoms with Crippen LogP contribution in [0.25, 0.3) is 0 Å². The summed E-state index contributed by atoms with van der Waals surface area (Å²) in [6, 6.07) is 0. The first-order chi connectivity index (χ1) is 4.30. The monoisotopic (exact) mass is 128 g/mol. The summed E-state index contributed by atoms with van der Waals surface area (Å²) < 4.78 is 1.80. The fourth-order valence-corrected chi connectivity index (χ4v) is 1.05. The Labute approximate surface area is 55.2 Å². The Bertz CT molecular complexity index is 149. The van der Waals surface area contributed by atoms with E-state index in [2.05, 4.69) is 0 Å². The van der Waals surface area contributed by atoms with Crippen LogP contribution in [-0.4, -0.2) is 23.2 Å². The smallest absolute Gasteiger partial charge is 0.220 e. The molecule has 0 aliphatic carbocycles. The highest BCUT2D eigenvalue weighted by Gasteiger charge is 2.13. The van der Waals surface area contributed by atoms with Crippen LogP contribution in [0.15, 0.2) is 0 Å². The van der Waals surface area contributed by atoms with Crippen LogP contribution < -0.4 is 0 Å². The van der Waals surface area contributed by atoms with Gasteiger partial charge in [-0.1, -0.05) is 0 Å². The summed E-state index contributed by atoms with van der Waals surface area (Å²) in [7, 11) is 0. The largest absolute Gasteiger partial charge is 0.383 e. The van der Waals surface area contributed by atoms with Crippen molar-refractivity contribution in [2.24, 2.45) is 0 Å². The summed E-state index contributed by atoms with van der Waals surface area (Å²) in [4.78, 5) is 10.7. The minimum Gasteiger partial charge on any atom is -0.220 e. The average molecular weight is 128 g/mol. The predicted octanol–water partition coefficient (Wildman–Crippen LogP) is 0.800. The van der Waals surface area contributed by atoms with Crippen molar-refractivity contribution in [3.63, 3.8) is 0 Å². The fraction of sp³-hybridized carbons (Fsp3) is 0.714. The molecule has 0 aromatic carbocycles. The Hall–Kier alpha value is -0.660. The molecule has 1 aliphatic rings. The lowest BCUT2D eigenvalue weighted by atomic mass is 10.2. The van der Waals surface area contributed by atoms with Crippen molar-refractivity contribution >= 4 is 12.1 Å². The molecule has 0 saturated carbocycles. The van der Waals surface area contributed by atoms with Crippen molar-refractivity contribution < 1.29 is 9.37 Å². The predicted molar refractivity (Wildman–Crippen MR) is 35.7 cm³/mol. The highest BCUT2D eigenvalue weighted by atomic mass is 16.2. The third kappa shape index (κ3) is 1.63. The van der Waals surface area contributed by atoms with E-state index in [1.54, 1.807) is 11.5 Å². The van der Waals surface area contributed by atoms with Crippen LogP contribution in [0, 0.1) is 0 Å². The number of hydrogen-bond donors (Lipinski definition) is 0. The Kier molecular flexibility index (Phi) is 1.98. The van der Waals surface area contributed by atoms with Crippen molar-refractivity contribution in [1.82, 2.24) is 0 Å². The average Bonchev–Trinajstić information content (AvgIpc) is 1.90. The van der Waals surface area contributed by atoms with E-state index in [4.69, 9.17) is 0 Å². The topological polar surface area (TPSA) is 20.1 Å². The van der Waals surface area contributed by atoms with Crippen LogP contribution >= 0.6 is 0 Å². The Morgan fingerprint density at radius 1 is 1.56 bits per heavy atom. The lowest BCUT2D eigenvalue weighted by Crippen LogP contribution is -2.23. The third-order valence-corrected chi connectivity index (χ3v) is 1.61. The zero-order chi connectivity index (χ0) is 6.69. The van der Waals surface area contributed by atoms with Gasteiger partial charge in [0.2, 0.25) is 0 Å². The van der Waals surface area contributed by atoms with E-state index < -0.39 is 0 Å². The molecule has 1 heterocycles. The summed E-state index contributed by atoms with van der Waals surface area (Å²) in [5.41, 5.74) is 0. The van der Waals surface area contributed by atoms with Crippen LogP contribution in [0.5, 0.6) is 0 Å². The number of amides is 1. The number of carbonyl (C=O) groups excluding carboxylic acids is 1. The minimum atomic E-state index is 0.176. The summed E-state index contributed by atoms with van der Waals surface area (Å²) in [6.07, 6.45) is 5.46. The van der Waals surface area contributed by atoms with Gasteiger partial charge in [0.25, 0.3) is 0 Å². The lowest BCUT2D eigenvalue weighted by molar-refractivity contribution is -0.448. The molecule has 1 amide bonds. The molecular formula is C7H12NO+.